The Labute approximate surface area is 100 Å². The standard InChI is InChI=1S/C13H17NO3/c14-7-11(15)13(17)10-5-3-9(4-6-10)12(16)8-1-2-8/h3-6,8,11,13,15,17H,1-2,7,14H2. The summed E-state index contributed by atoms with van der Waals surface area (Å²) in [6.45, 7) is 0.00389. The van der Waals surface area contributed by atoms with Gasteiger partial charge in [0.2, 0.25) is 0 Å². The Bertz CT molecular complexity index is 398. The fraction of sp³-hybridized carbons (Fsp3) is 0.462. The number of carbonyl (C=O) groups excluding carboxylic acids is 1. The summed E-state index contributed by atoms with van der Waals surface area (Å²) in [7, 11) is 0. The lowest BCUT2D eigenvalue weighted by Crippen LogP contribution is -2.27. The van der Waals surface area contributed by atoms with E-state index in [0.717, 1.165) is 12.8 Å². The summed E-state index contributed by atoms with van der Waals surface area (Å²) in [5.41, 5.74) is 6.52. The quantitative estimate of drug-likeness (QED) is 0.654. The molecule has 1 saturated carbocycles. The van der Waals surface area contributed by atoms with Gasteiger partial charge in [0.1, 0.15) is 6.10 Å². The van der Waals surface area contributed by atoms with Gasteiger partial charge in [0.25, 0.3) is 0 Å². The summed E-state index contributed by atoms with van der Waals surface area (Å²) in [6, 6.07) is 6.73. The molecule has 0 saturated heterocycles. The zero-order chi connectivity index (χ0) is 12.4. The molecule has 4 N–H and O–H groups in total. The molecule has 0 spiro atoms. The van der Waals surface area contributed by atoms with E-state index in [2.05, 4.69) is 0 Å². The highest BCUT2D eigenvalue weighted by molar-refractivity contribution is 5.99. The fourth-order valence-corrected chi connectivity index (χ4v) is 1.78. The van der Waals surface area contributed by atoms with Gasteiger partial charge in [-0.05, 0) is 18.4 Å². The Hall–Kier alpha value is -1.23. The summed E-state index contributed by atoms with van der Waals surface area (Å²) < 4.78 is 0. The highest BCUT2D eigenvalue weighted by atomic mass is 16.3. The zero-order valence-electron chi connectivity index (χ0n) is 9.54. The van der Waals surface area contributed by atoms with E-state index in [1.807, 2.05) is 0 Å². The minimum atomic E-state index is -0.995. The Balaban J connectivity index is 2.09. The number of benzene rings is 1. The van der Waals surface area contributed by atoms with E-state index >= 15 is 0 Å². The molecule has 17 heavy (non-hydrogen) atoms. The lowest BCUT2D eigenvalue weighted by Gasteiger charge is -2.16. The molecule has 1 fully saturated rings. The van der Waals surface area contributed by atoms with E-state index in [-0.39, 0.29) is 18.2 Å². The predicted molar refractivity (Wildman–Crippen MR) is 63.5 cm³/mol. The van der Waals surface area contributed by atoms with Crippen molar-refractivity contribution < 1.29 is 15.0 Å². The van der Waals surface area contributed by atoms with Crippen LogP contribution in [0.3, 0.4) is 0 Å². The average molecular weight is 235 g/mol. The van der Waals surface area contributed by atoms with Crippen molar-refractivity contribution in [1.29, 1.82) is 0 Å². The highest BCUT2D eigenvalue weighted by Crippen LogP contribution is 2.32. The van der Waals surface area contributed by atoms with Crippen molar-refractivity contribution in [2.45, 2.75) is 25.0 Å². The molecule has 2 atom stereocenters. The molecule has 1 aromatic carbocycles. The summed E-state index contributed by atoms with van der Waals surface area (Å²) >= 11 is 0. The number of hydrogen-bond donors (Lipinski definition) is 3. The van der Waals surface area contributed by atoms with E-state index in [0.29, 0.717) is 11.1 Å². The normalized spacial score (nSPS) is 18.8. The molecule has 1 aromatic rings. The van der Waals surface area contributed by atoms with Crippen LogP contribution in [0.25, 0.3) is 0 Å². The smallest absolute Gasteiger partial charge is 0.165 e. The third kappa shape index (κ3) is 2.72. The van der Waals surface area contributed by atoms with Gasteiger partial charge in [0.05, 0.1) is 6.10 Å². The Morgan fingerprint density at radius 1 is 1.29 bits per heavy atom. The fourth-order valence-electron chi connectivity index (χ4n) is 1.78. The molecule has 0 radical (unpaired) electrons. The zero-order valence-corrected chi connectivity index (χ0v) is 9.54. The maximum Gasteiger partial charge on any atom is 0.165 e. The second kappa shape index (κ2) is 4.96. The van der Waals surface area contributed by atoms with Gasteiger partial charge in [0.15, 0.2) is 5.78 Å². The van der Waals surface area contributed by atoms with Crippen molar-refractivity contribution in [1.82, 2.24) is 0 Å². The number of hydrogen-bond acceptors (Lipinski definition) is 4. The van der Waals surface area contributed by atoms with Gasteiger partial charge in [-0.25, -0.2) is 0 Å². The molecule has 0 bridgehead atoms. The molecule has 0 aliphatic heterocycles. The lowest BCUT2D eigenvalue weighted by molar-refractivity contribution is 0.0243. The van der Waals surface area contributed by atoms with Gasteiger partial charge in [-0.1, -0.05) is 24.3 Å². The van der Waals surface area contributed by atoms with Gasteiger partial charge in [-0.3, -0.25) is 4.79 Å². The molecule has 2 unspecified atom stereocenters. The predicted octanol–water partition coefficient (Wildman–Crippen LogP) is 0.632. The van der Waals surface area contributed by atoms with Crippen molar-refractivity contribution in [3.05, 3.63) is 35.4 Å². The van der Waals surface area contributed by atoms with Crippen molar-refractivity contribution in [3.63, 3.8) is 0 Å². The summed E-state index contributed by atoms with van der Waals surface area (Å²) in [5.74, 6) is 0.366. The minimum absolute atomic E-state index is 0.00389. The first-order valence-corrected chi connectivity index (χ1v) is 5.84. The van der Waals surface area contributed by atoms with Crippen molar-refractivity contribution in [2.24, 2.45) is 11.7 Å². The first kappa shape index (κ1) is 12.2. The van der Waals surface area contributed by atoms with Crippen molar-refractivity contribution in [2.75, 3.05) is 6.54 Å². The highest BCUT2D eigenvalue weighted by Gasteiger charge is 2.30. The Morgan fingerprint density at radius 2 is 1.88 bits per heavy atom. The van der Waals surface area contributed by atoms with Crippen LogP contribution in [0.1, 0.15) is 34.9 Å². The SMILES string of the molecule is NCC(O)C(O)c1ccc(C(=O)C2CC2)cc1. The van der Waals surface area contributed by atoms with Crippen LogP contribution >= 0.6 is 0 Å². The number of Topliss-reactive ketones (excluding diaryl/α,β-unsaturated/α-hetero) is 1. The van der Waals surface area contributed by atoms with Crippen molar-refractivity contribution >= 4 is 5.78 Å². The second-order valence-corrected chi connectivity index (χ2v) is 4.51. The number of carbonyl (C=O) groups is 1. The molecule has 2 rings (SSSR count). The molecule has 4 heteroatoms. The van der Waals surface area contributed by atoms with Crippen LogP contribution in [-0.2, 0) is 0 Å². The van der Waals surface area contributed by atoms with Gasteiger partial charge in [0, 0.05) is 18.0 Å². The van der Waals surface area contributed by atoms with Gasteiger partial charge in [-0.2, -0.15) is 0 Å². The van der Waals surface area contributed by atoms with Gasteiger partial charge in [-0.15, -0.1) is 0 Å². The van der Waals surface area contributed by atoms with E-state index < -0.39 is 12.2 Å². The Morgan fingerprint density at radius 3 is 2.35 bits per heavy atom. The molecule has 0 amide bonds. The minimum Gasteiger partial charge on any atom is -0.389 e. The van der Waals surface area contributed by atoms with Gasteiger partial charge < -0.3 is 15.9 Å². The monoisotopic (exact) mass is 235 g/mol. The first-order valence-electron chi connectivity index (χ1n) is 5.84. The number of rotatable bonds is 5. The number of nitrogens with two attached hydrogens (primary N) is 1. The van der Waals surface area contributed by atoms with Gasteiger partial charge >= 0.3 is 0 Å². The first-order chi connectivity index (χ1) is 8.13. The van der Waals surface area contributed by atoms with E-state index in [1.54, 1.807) is 24.3 Å². The van der Waals surface area contributed by atoms with Crippen LogP contribution in [0.5, 0.6) is 0 Å². The van der Waals surface area contributed by atoms with E-state index in [4.69, 9.17) is 5.73 Å². The van der Waals surface area contributed by atoms with Crippen LogP contribution in [-0.4, -0.2) is 28.6 Å². The van der Waals surface area contributed by atoms with E-state index in [9.17, 15) is 15.0 Å². The molecule has 1 aliphatic carbocycles. The topological polar surface area (TPSA) is 83.6 Å². The molecular formula is C13H17NO3. The maximum absolute atomic E-state index is 11.7. The lowest BCUT2D eigenvalue weighted by atomic mass is 10.0. The molecule has 4 nitrogen and oxygen atoms in total. The number of aliphatic hydroxyl groups is 2. The summed E-state index contributed by atoms with van der Waals surface area (Å²) in [5, 5.41) is 19.1. The largest absolute Gasteiger partial charge is 0.389 e. The van der Waals surface area contributed by atoms with Crippen LogP contribution in [0.4, 0.5) is 0 Å². The molecule has 92 valence electrons. The molecular weight excluding hydrogens is 218 g/mol. The van der Waals surface area contributed by atoms with Crippen LogP contribution in [0.15, 0.2) is 24.3 Å². The van der Waals surface area contributed by atoms with Crippen LogP contribution < -0.4 is 5.73 Å². The average Bonchev–Trinajstić information content (AvgIpc) is 3.20. The molecule has 0 aromatic heterocycles. The second-order valence-electron chi connectivity index (χ2n) is 4.51. The Kier molecular flexibility index (Phi) is 3.57. The third-order valence-corrected chi connectivity index (χ3v) is 3.09. The number of aliphatic hydroxyl groups excluding tert-OH is 2. The maximum atomic E-state index is 11.7. The number of ketones is 1. The molecule has 1 aliphatic rings. The summed E-state index contributed by atoms with van der Waals surface area (Å²) in [4.78, 5) is 11.7. The van der Waals surface area contributed by atoms with E-state index in [1.165, 1.54) is 0 Å². The van der Waals surface area contributed by atoms with Crippen molar-refractivity contribution in [3.8, 4) is 0 Å². The third-order valence-electron chi connectivity index (χ3n) is 3.09. The van der Waals surface area contributed by atoms with Crippen LogP contribution in [0.2, 0.25) is 0 Å². The van der Waals surface area contributed by atoms with Crippen LogP contribution in [0, 0.1) is 5.92 Å². The molecule has 0 heterocycles. The summed E-state index contributed by atoms with van der Waals surface area (Å²) in [6.07, 6.45) is -0.00504.